The van der Waals surface area contributed by atoms with Crippen molar-refractivity contribution in [3.63, 3.8) is 0 Å². The van der Waals surface area contributed by atoms with Gasteiger partial charge in [-0.05, 0) is 28.6 Å². The van der Waals surface area contributed by atoms with Crippen LogP contribution in [-0.4, -0.2) is 5.91 Å². The van der Waals surface area contributed by atoms with Gasteiger partial charge in [-0.2, -0.15) is 0 Å². The predicted molar refractivity (Wildman–Crippen MR) is 93.2 cm³/mol. The Hall–Kier alpha value is -2.13. The molecule has 2 nitrogen and oxygen atoms in total. The average molecular weight is 352 g/mol. The molecule has 108 valence electrons. The summed E-state index contributed by atoms with van der Waals surface area (Å²) in [6.07, 6.45) is 0.488. The molecule has 0 saturated heterocycles. The minimum atomic E-state index is 0.0776. The van der Waals surface area contributed by atoms with Crippen molar-refractivity contribution < 1.29 is 4.79 Å². The Kier molecular flexibility index (Phi) is 3.23. The van der Waals surface area contributed by atoms with Gasteiger partial charge in [-0.25, -0.2) is 0 Å². The summed E-state index contributed by atoms with van der Waals surface area (Å²) in [5.74, 6) is 0.180. The molecule has 1 heterocycles. The summed E-state index contributed by atoms with van der Waals surface area (Å²) >= 11 is 3.52. The van der Waals surface area contributed by atoms with E-state index < -0.39 is 0 Å². The summed E-state index contributed by atoms with van der Waals surface area (Å²) in [4.78, 5) is 12.2. The number of benzene rings is 3. The molecule has 0 saturated carbocycles. The first-order valence-electron chi connectivity index (χ1n) is 7.29. The maximum atomic E-state index is 12.2. The molecule has 0 bridgehead atoms. The summed E-state index contributed by atoms with van der Waals surface area (Å²) in [6, 6.07) is 20.7. The van der Waals surface area contributed by atoms with Crippen LogP contribution in [0, 0.1) is 0 Å². The highest BCUT2D eigenvalue weighted by Crippen LogP contribution is 2.41. The number of rotatable bonds is 1. The van der Waals surface area contributed by atoms with Crippen LogP contribution in [0.3, 0.4) is 0 Å². The number of amides is 1. The molecule has 3 aromatic carbocycles. The van der Waals surface area contributed by atoms with Gasteiger partial charge in [0.2, 0.25) is 5.91 Å². The molecule has 1 aliphatic rings. The van der Waals surface area contributed by atoms with Crippen molar-refractivity contribution in [2.75, 3.05) is 5.32 Å². The van der Waals surface area contributed by atoms with Crippen LogP contribution in [0.15, 0.2) is 65.1 Å². The Morgan fingerprint density at radius 1 is 1.00 bits per heavy atom. The van der Waals surface area contributed by atoms with E-state index in [-0.39, 0.29) is 11.8 Å². The maximum Gasteiger partial charge on any atom is 0.225 e. The van der Waals surface area contributed by atoms with Crippen molar-refractivity contribution in [2.45, 2.75) is 12.3 Å². The van der Waals surface area contributed by atoms with Gasteiger partial charge in [-0.1, -0.05) is 64.5 Å². The lowest BCUT2D eigenvalue weighted by Crippen LogP contribution is -2.23. The van der Waals surface area contributed by atoms with Crippen LogP contribution in [0.25, 0.3) is 10.8 Å². The molecule has 0 radical (unpaired) electrons. The van der Waals surface area contributed by atoms with E-state index in [4.69, 9.17) is 0 Å². The number of hydrogen-bond acceptors (Lipinski definition) is 1. The topological polar surface area (TPSA) is 29.1 Å². The molecule has 1 aliphatic heterocycles. The molecule has 1 amide bonds. The van der Waals surface area contributed by atoms with E-state index >= 15 is 0 Å². The maximum absolute atomic E-state index is 12.2. The second-order valence-corrected chi connectivity index (χ2v) is 6.53. The van der Waals surface area contributed by atoms with Gasteiger partial charge in [-0.15, -0.1) is 0 Å². The smallest absolute Gasteiger partial charge is 0.225 e. The third-order valence-corrected chi connectivity index (χ3v) is 4.73. The van der Waals surface area contributed by atoms with Crippen molar-refractivity contribution in [3.8, 4) is 0 Å². The van der Waals surface area contributed by atoms with Crippen LogP contribution >= 0.6 is 15.9 Å². The number of anilines is 1. The predicted octanol–water partition coefficient (Wildman–Crippen LogP) is 5.08. The molecule has 1 unspecified atom stereocenters. The number of carbonyl (C=O) groups excluding carboxylic acids is 1. The molecular formula is C19H14BrNO. The minimum absolute atomic E-state index is 0.0776. The normalized spacial score (nSPS) is 17.1. The average Bonchev–Trinajstić information content (AvgIpc) is 2.54. The second-order valence-electron chi connectivity index (χ2n) is 5.61. The van der Waals surface area contributed by atoms with E-state index in [1.165, 1.54) is 11.1 Å². The zero-order valence-corrected chi connectivity index (χ0v) is 13.4. The molecule has 1 atom stereocenters. The van der Waals surface area contributed by atoms with Gasteiger partial charge in [-0.3, -0.25) is 4.79 Å². The van der Waals surface area contributed by atoms with Gasteiger partial charge < -0.3 is 5.32 Å². The van der Waals surface area contributed by atoms with E-state index in [1.54, 1.807) is 0 Å². The quantitative estimate of drug-likeness (QED) is 0.650. The molecular weight excluding hydrogens is 338 g/mol. The summed E-state index contributed by atoms with van der Waals surface area (Å²) in [5, 5.41) is 5.32. The van der Waals surface area contributed by atoms with Gasteiger partial charge in [0.25, 0.3) is 0 Å². The number of nitrogens with one attached hydrogen (secondary N) is 1. The van der Waals surface area contributed by atoms with Crippen LogP contribution in [0.4, 0.5) is 5.69 Å². The van der Waals surface area contributed by atoms with Crippen LogP contribution in [0.1, 0.15) is 23.5 Å². The number of fused-ring (bicyclic) bond motifs is 3. The zero-order valence-electron chi connectivity index (χ0n) is 11.8. The Labute approximate surface area is 137 Å². The van der Waals surface area contributed by atoms with E-state index in [1.807, 2.05) is 24.3 Å². The zero-order chi connectivity index (χ0) is 15.1. The Morgan fingerprint density at radius 3 is 2.73 bits per heavy atom. The van der Waals surface area contributed by atoms with Crippen molar-refractivity contribution in [1.29, 1.82) is 0 Å². The highest BCUT2D eigenvalue weighted by Gasteiger charge is 2.27. The molecule has 3 heteroatoms. The monoisotopic (exact) mass is 351 g/mol. The highest BCUT2D eigenvalue weighted by molar-refractivity contribution is 9.10. The lowest BCUT2D eigenvalue weighted by Gasteiger charge is -2.27. The Balaban J connectivity index is 1.94. The van der Waals surface area contributed by atoms with Gasteiger partial charge in [0.05, 0.1) is 5.69 Å². The molecule has 0 spiro atoms. The Bertz CT molecular complexity index is 887. The van der Waals surface area contributed by atoms with Gasteiger partial charge in [0, 0.05) is 22.2 Å². The number of carbonyl (C=O) groups is 1. The molecule has 1 N–H and O–H groups in total. The van der Waals surface area contributed by atoms with Gasteiger partial charge in [0.1, 0.15) is 0 Å². The third kappa shape index (κ3) is 2.22. The minimum Gasteiger partial charge on any atom is -0.325 e. The largest absolute Gasteiger partial charge is 0.325 e. The van der Waals surface area contributed by atoms with Crippen molar-refractivity contribution in [3.05, 3.63) is 76.3 Å². The van der Waals surface area contributed by atoms with Crippen LogP contribution in [0.5, 0.6) is 0 Å². The van der Waals surface area contributed by atoms with Gasteiger partial charge >= 0.3 is 0 Å². The highest BCUT2D eigenvalue weighted by atomic mass is 79.9. The Morgan fingerprint density at radius 2 is 1.86 bits per heavy atom. The van der Waals surface area contributed by atoms with E-state index in [9.17, 15) is 4.79 Å². The molecule has 0 fully saturated rings. The number of hydrogen-bond donors (Lipinski definition) is 1. The third-order valence-electron chi connectivity index (χ3n) is 4.24. The number of halogens is 1. The van der Waals surface area contributed by atoms with Crippen molar-refractivity contribution >= 4 is 38.3 Å². The molecule has 3 aromatic rings. The first-order valence-corrected chi connectivity index (χ1v) is 8.08. The van der Waals surface area contributed by atoms with Crippen LogP contribution in [0.2, 0.25) is 0 Å². The summed E-state index contributed by atoms with van der Waals surface area (Å²) in [7, 11) is 0. The van der Waals surface area contributed by atoms with E-state index in [0.717, 1.165) is 20.9 Å². The molecule has 4 rings (SSSR count). The van der Waals surface area contributed by atoms with E-state index in [0.29, 0.717) is 6.42 Å². The first kappa shape index (κ1) is 13.5. The molecule has 0 aliphatic carbocycles. The fourth-order valence-corrected chi connectivity index (χ4v) is 3.64. The SMILES string of the molecule is O=C1CC(c2cccc(Br)c2)c2ccc3ccccc3c2N1. The molecule has 0 aromatic heterocycles. The van der Waals surface area contributed by atoms with Crippen LogP contribution < -0.4 is 5.32 Å². The lowest BCUT2D eigenvalue weighted by atomic mass is 9.83. The lowest BCUT2D eigenvalue weighted by molar-refractivity contribution is -0.116. The standard InChI is InChI=1S/C19H14BrNO/c20-14-6-3-5-13(10-14)17-11-18(22)21-19-15-7-2-1-4-12(15)8-9-16(17)19/h1-10,17H,11H2,(H,21,22). The van der Waals surface area contributed by atoms with Crippen LogP contribution in [-0.2, 0) is 4.79 Å². The molecule has 22 heavy (non-hydrogen) atoms. The fraction of sp³-hybridized carbons (Fsp3) is 0.105. The summed E-state index contributed by atoms with van der Waals surface area (Å²) < 4.78 is 1.04. The van der Waals surface area contributed by atoms with E-state index in [2.05, 4.69) is 57.6 Å². The fourth-order valence-electron chi connectivity index (χ4n) is 3.22. The summed E-state index contributed by atoms with van der Waals surface area (Å²) in [5.41, 5.74) is 3.32. The summed E-state index contributed by atoms with van der Waals surface area (Å²) in [6.45, 7) is 0. The first-order chi connectivity index (χ1) is 10.7. The second kappa shape index (κ2) is 5.25. The van der Waals surface area contributed by atoms with Gasteiger partial charge in [0.15, 0.2) is 0 Å². The van der Waals surface area contributed by atoms with Crippen molar-refractivity contribution in [1.82, 2.24) is 0 Å². The van der Waals surface area contributed by atoms with Crippen molar-refractivity contribution in [2.24, 2.45) is 0 Å².